The zero-order chi connectivity index (χ0) is 19.0. The second-order valence-corrected chi connectivity index (χ2v) is 7.88. The minimum atomic E-state index is -0.487. The predicted molar refractivity (Wildman–Crippen MR) is 105 cm³/mol. The first-order chi connectivity index (χ1) is 11.7. The molecule has 2 rings (SSSR count). The van der Waals surface area contributed by atoms with Gasteiger partial charge >= 0.3 is 6.09 Å². The molecule has 1 aliphatic rings. The van der Waals surface area contributed by atoms with Gasteiger partial charge in [-0.15, -0.1) is 0 Å². The van der Waals surface area contributed by atoms with Crippen molar-refractivity contribution in [2.24, 2.45) is 5.92 Å². The van der Waals surface area contributed by atoms with Crippen LogP contribution in [0.3, 0.4) is 0 Å². The van der Waals surface area contributed by atoms with Gasteiger partial charge in [0.15, 0.2) is 0 Å². The lowest BCUT2D eigenvalue weighted by atomic mass is 10.1. The van der Waals surface area contributed by atoms with E-state index in [-0.39, 0.29) is 12.0 Å². The summed E-state index contributed by atoms with van der Waals surface area (Å²) in [4.78, 5) is 22.1. The highest BCUT2D eigenvalue weighted by atomic mass is 79.9. The zero-order valence-corrected chi connectivity index (χ0v) is 16.9. The van der Waals surface area contributed by atoms with Crippen LogP contribution in [0.5, 0.6) is 0 Å². The second-order valence-electron chi connectivity index (χ2n) is 6.97. The summed E-state index contributed by atoms with van der Waals surface area (Å²) in [5.74, 6) is -0.0440. The third-order valence-electron chi connectivity index (χ3n) is 3.73. The van der Waals surface area contributed by atoms with E-state index in [9.17, 15) is 9.59 Å². The summed E-state index contributed by atoms with van der Waals surface area (Å²) in [5.41, 5.74) is 6.87. The van der Waals surface area contributed by atoms with Crippen LogP contribution in [0.2, 0.25) is 0 Å². The number of amides is 1. The number of nitrogens with two attached hydrogens (primary N) is 1. The molecule has 4 N–H and O–H groups in total. The van der Waals surface area contributed by atoms with Gasteiger partial charge in [0, 0.05) is 23.5 Å². The average molecular weight is 414 g/mol. The molecule has 0 aliphatic heterocycles. The Morgan fingerprint density at radius 1 is 1.36 bits per heavy atom. The zero-order valence-electron chi connectivity index (χ0n) is 15.3. The molecular weight excluding hydrogens is 386 g/mol. The smallest absolute Gasteiger partial charge is 0.407 e. The molecule has 0 heterocycles. The summed E-state index contributed by atoms with van der Waals surface area (Å²) in [6.45, 7) is 5.45. The minimum Gasteiger partial charge on any atom is -0.444 e. The quantitative estimate of drug-likeness (QED) is 0.515. The van der Waals surface area contributed by atoms with Gasteiger partial charge in [0.2, 0.25) is 0 Å². The molecule has 0 spiro atoms. The van der Waals surface area contributed by atoms with Crippen LogP contribution < -0.4 is 16.4 Å². The molecule has 1 aromatic rings. The molecule has 2 atom stereocenters. The van der Waals surface area contributed by atoms with Gasteiger partial charge in [0.05, 0.1) is 11.4 Å². The first-order valence-corrected chi connectivity index (χ1v) is 9.13. The number of nitrogen functional groups attached to an aromatic ring is 1. The molecule has 140 valence electrons. The van der Waals surface area contributed by atoms with E-state index in [2.05, 4.69) is 26.6 Å². The number of hydrogen-bond acceptors (Lipinski definition) is 5. The SMILES string of the molecule is CC(C)(C)OC(=O)NC1CCCC1C=O.CNc1ccc(Br)cc1N. The molecule has 0 aromatic heterocycles. The van der Waals surface area contributed by atoms with Gasteiger partial charge in [-0.05, 0) is 51.8 Å². The van der Waals surface area contributed by atoms with Crippen LogP contribution in [0.4, 0.5) is 16.2 Å². The van der Waals surface area contributed by atoms with Gasteiger partial charge in [-0.25, -0.2) is 4.79 Å². The Kier molecular flexibility index (Phi) is 8.22. The van der Waals surface area contributed by atoms with Crippen LogP contribution in [0.1, 0.15) is 40.0 Å². The number of hydrogen-bond donors (Lipinski definition) is 3. The Hall–Kier alpha value is -1.76. The van der Waals surface area contributed by atoms with Crippen LogP contribution in [0, 0.1) is 5.92 Å². The lowest BCUT2D eigenvalue weighted by molar-refractivity contribution is -0.111. The van der Waals surface area contributed by atoms with Gasteiger partial charge in [0.1, 0.15) is 11.9 Å². The predicted octanol–water partition coefficient (Wildman–Crippen LogP) is 3.95. The van der Waals surface area contributed by atoms with E-state index in [0.717, 1.165) is 41.4 Å². The van der Waals surface area contributed by atoms with Gasteiger partial charge in [-0.3, -0.25) is 0 Å². The number of carbonyl (C=O) groups excluding carboxylic acids is 2. The maximum absolute atomic E-state index is 11.4. The molecule has 1 fully saturated rings. The lowest BCUT2D eigenvalue weighted by Crippen LogP contribution is -2.41. The molecule has 0 bridgehead atoms. The van der Waals surface area contributed by atoms with Gasteiger partial charge in [-0.1, -0.05) is 22.4 Å². The highest BCUT2D eigenvalue weighted by Gasteiger charge is 2.29. The minimum absolute atomic E-state index is 0.0440. The van der Waals surface area contributed by atoms with Crippen molar-refractivity contribution in [1.29, 1.82) is 0 Å². The molecule has 0 radical (unpaired) electrons. The third kappa shape index (κ3) is 7.77. The summed E-state index contributed by atoms with van der Waals surface area (Å²) in [6.07, 6.45) is 3.21. The average Bonchev–Trinajstić information content (AvgIpc) is 2.93. The maximum atomic E-state index is 11.4. The molecule has 0 saturated heterocycles. The molecule has 7 heteroatoms. The Bertz CT molecular complexity index is 587. The van der Waals surface area contributed by atoms with E-state index in [1.54, 1.807) is 0 Å². The number of anilines is 2. The van der Waals surface area contributed by atoms with Crippen molar-refractivity contribution in [3.8, 4) is 0 Å². The van der Waals surface area contributed by atoms with Crippen LogP contribution in [0.25, 0.3) is 0 Å². The van der Waals surface area contributed by atoms with E-state index < -0.39 is 11.7 Å². The Balaban J connectivity index is 0.000000271. The summed E-state index contributed by atoms with van der Waals surface area (Å²) in [6, 6.07) is 5.70. The monoisotopic (exact) mass is 413 g/mol. The van der Waals surface area contributed by atoms with Crippen LogP contribution in [-0.2, 0) is 9.53 Å². The van der Waals surface area contributed by atoms with Crippen molar-refractivity contribution in [1.82, 2.24) is 5.32 Å². The number of rotatable bonds is 3. The topological polar surface area (TPSA) is 93.4 Å². The normalized spacial score (nSPS) is 19.4. The van der Waals surface area contributed by atoms with E-state index in [1.165, 1.54) is 0 Å². The van der Waals surface area contributed by atoms with Gasteiger partial charge in [-0.2, -0.15) is 0 Å². The van der Waals surface area contributed by atoms with E-state index in [4.69, 9.17) is 10.5 Å². The number of carbonyl (C=O) groups is 2. The Morgan fingerprint density at radius 2 is 2.04 bits per heavy atom. The molecule has 2 unspecified atom stereocenters. The van der Waals surface area contributed by atoms with Crippen molar-refractivity contribution in [2.75, 3.05) is 18.1 Å². The second kappa shape index (κ2) is 9.65. The van der Waals surface area contributed by atoms with Gasteiger partial charge in [0.25, 0.3) is 0 Å². The molecule has 1 aliphatic carbocycles. The number of aldehydes is 1. The van der Waals surface area contributed by atoms with Crippen LogP contribution >= 0.6 is 15.9 Å². The summed E-state index contributed by atoms with van der Waals surface area (Å²) < 4.78 is 6.13. The number of alkyl carbamates (subject to hydrolysis) is 1. The van der Waals surface area contributed by atoms with Crippen molar-refractivity contribution >= 4 is 39.7 Å². The summed E-state index contributed by atoms with van der Waals surface area (Å²) in [5, 5.41) is 5.72. The molecule has 25 heavy (non-hydrogen) atoms. The molecule has 1 aromatic carbocycles. The van der Waals surface area contributed by atoms with Crippen molar-refractivity contribution in [3.05, 3.63) is 22.7 Å². The summed E-state index contributed by atoms with van der Waals surface area (Å²) >= 11 is 3.32. The van der Waals surface area contributed by atoms with Crippen molar-refractivity contribution in [2.45, 2.75) is 51.7 Å². The van der Waals surface area contributed by atoms with E-state index in [0.29, 0.717) is 0 Å². The highest BCUT2D eigenvalue weighted by Crippen LogP contribution is 2.24. The molecule has 1 saturated carbocycles. The highest BCUT2D eigenvalue weighted by molar-refractivity contribution is 9.10. The van der Waals surface area contributed by atoms with Crippen molar-refractivity contribution < 1.29 is 14.3 Å². The summed E-state index contributed by atoms with van der Waals surface area (Å²) in [7, 11) is 1.85. The van der Waals surface area contributed by atoms with Crippen molar-refractivity contribution in [3.63, 3.8) is 0 Å². The number of ether oxygens (including phenoxy) is 1. The first kappa shape index (κ1) is 21.3. The largest absolute Gasteiger partial charge is 0.444 e. The first-order valence-electron chi connectivity index (χ1n) is 8.34. The maximum Gasteiger partial charge on any atom is 0.407 e. The molecular formula is C18H28BrN3O3. The fourth-order valence-electron chi connectivity index (χ4n) is 2.55. The molecule has 6 nitrogen and oxygen atoms in total. The Labute approximate surface area is 158 Å². The van der Waals surface area contributed by atoms with E-state index >= 15 is 0 Å². The van der Waals surface area contributed by atoms with Crippen LogP contribution in [-0.4, -0.2) is 31.1 Å². The van der Waals surface area contributed by atoms with E-state index in [1.807, 2.05) is 46.0 Å². The lowest BCUT2D eigenvalue weighted by Gasteiger charge is -2.22. The Morgan fingerprint density at radius 3 is 2.56 bits per heavy atom. The number of halogens is 1. The fourth-order valence-corrected chi connectivity index (χ4v) is 2.93. The standard InChI is InChI=1S/C11H19NO3.C7H9BrN2/c1-11(2,3)15-10(14)12-9-6-4-5-8(9)7-13;1-10-7-3-2-5(8)4-6(7)9/h7-9H,4-6H2,1-3H3,(H,12,14);2-4,10H,9H2,1H3. The number of nitrogens with one attached hydrogen (secondary N) is 2. The molecule has 1 amide bonds. The number of benzene rings is 1. The third-order valence-corrected chi connectivity index (χ3v) is 4.22. The van der Waals surface area contributed by atoms with Gasteiger partial charge < -0.3 is 25.9 Å². The fraction of sp³-hybridized carbons (Fsp3) is 0.556. The van der Waals surface area contributed by atoms with Crippen LogP contribution in [0.15, 0.2) is 22.7 Å².